The van der Waals surface area contributed by atoms with Crippen molar-refractivity contribution in [2.75, 3.05) is 38.3 Å². The minimum Gasteiger partial charge on any atom is -0.494 e. The van der Waals surface area contributed by atoms with Crippen LogP contribution in [-0.4, -0.2) is 54.9 Å². The molecule has 1 fully saturated rings. The fourth-order valence-corrected chi connectivity index (χ4v) is 3.97. The highest BCUT2D eigenvalue weighted by Crippen LogP contribution is 2.17. The van der Waals surface area contributed by atoms with Crippen molar-refractivity contribution in [1.29, 1.82) is 0 Å². The largest absolute Gasteiger partial charge is 0.494 e. The molecule has 1 N–H and O–H groups in total. The number of nitrogens with one attached hydrogen (secondary N) is 1. The van der Waals surface area contributed by atoms with E-state index in [4.69, 9.17) is 9.47 Å². The van der Waals surface area contributed by atoms with Gasteiger partial charge >= 0.3 is 5.97 Å². The van der Waals surface area contributed by atoms with Gasteiger partial charge in [-0.2, -0.15) is 5.10 Å². The number of esters is 1. The first kappa shape index (κ1) is 22.2. The Morgan fingerprint density at radius 3 is 3.03 bits per heavy atom. The summed E-state index contributed by atoms with van der Waals surface area (Å²) in [5.41, 5.74) is 4.53. The molecule has 0 radical (unpaired) electrons. The summed E-state index contributed by atoms with van der Waals surface area (Å²) in [7, 11) is 0. The number of anilines is 1. The quantitative estimate of drug-likeness (QED) is 0.252. The summed E-state index contributed by atoms with van der Waals surface area (Å²) in [5.74, 6) is 0.578. The van der Waals surface area contributed by atoms with E-state index in [-0.39, 0.29) is 12.4 Å². The summed E-state index contributed by atoms with van der Waals surface area (Å²) in [4.78, 5) is 18.4. The molecule has 0 bridgehead atoms. The average Bonchev–Trinajstić information content (AvgIpc) is 3.19. The van der Waals surface area contributed by atoms with E-state index >= 15 is 0 Å². The number of rotatable bonds is 11. The number of nitrogens with zero attached hydrogens (tertiary/aromatic N) is 3. The van der Waals surface area contributed by atoms with Gasteiger partial charge in [-0.05, 0) is 57.0 Å². The van der Waals surface area contributed by atoms with Gasteiger partial charge in [0.2, 0.25) is 5.13 Å². The third-order valence-corrected chi connectivity index (χ3v) is 5.55. The molecule has 0 atom stereocenters. The summed E-state index contributed by atoms with van der Waals surface area (Å²) >= 11 is 1.40. The summed E-state index contributed by atoms with van der Waals surface area (Å²) in [6.07, 6.45) is 6.96. The van der Waals surface area contributed by atoms with E-state index < -0.39 is 0 Å². The number of carbonyl (C=O) groups is 1. The van der Waals surface area contributed by atoms with E-state index in [0.717, 1.165) is 30.9 Å². The van der Waals surface area contributed by atoms with Crippen LogP contribution in [0.4, 0.5) is 5.13 Å². The van der Waals surface area contributed by atoms with Crippen LogP contribution in [0.15, 0.2) is 34.7 Å². The molecule has 1 aliphatic heterocycles. The minimum atomic E-state index is -0.273. The van der Waals surface area contributed by atoms with Crippen LogP contribution in [0.1, 0.15) is 43.9 Å². The van der Waals surface area contributed by atoms with Crippen LogP contribution in [-0.2, 0) is 16.0 Å². The lowest BCUT2D eigenvalue weighted by atomic mass is 10.1. The normalized spacial score (nSPS) is 14.7. The maximum atomic E-state index is 11.5. The van der Waals surface area contributed by atoms with E-state index in [1.807, 2.05) is 29.6 Å². The second-order valence-electron chi connectivity index (χ2n) is 7.17. The van der Waals surface area contributed by atoms with Gasteiger partial charge in [0.15, 0.2) is 0 Å². The van der Waals surface area contributed by atoms with Crippen LogP contribution in [0.2, 0.25) is 0 Å². The highest BCUT2D eigenvalue weighted by Gasteiger charge is 2.09. The number of piperidine rings is 1. The van der Waals surface area contributed by atoms with Crippen molar-refractivity contribution in [3.8, 4) is 5.75 Å². The first-order valence-corrected chi connectivity index (χ1v) is 11.4. The number of hydrogen-bond donors (Lipinski definition) is 1. The zero-order valence-electron chi connectivity index (χ0n) is 17.5. The van der Waals surface area contributed by atoms with Crippen LogP contribution in [0, 0.1) is 0 Å². The average molecular weight is 431 g/mol. The molecular formula is C22H30N4O3S. The Morgan fingerprint density at radius 1 is 1.33 bits per heavy atom. The van der Waals surface area contributed by atoms with Crippen LogP contribution < -0.4 is 10.2 Å². The third-order valence-electron chi connectivity index (χ3n) is 4.75. The monoisotopic (exact) mass is 430 g/mol. The lowest BCUT2D eigenvalue weighted by Gasteiger charge is -2.26. The van der Waals surface area contributed by atoms with Gasteiger partial charge < -0.3 is 14.4 Å². The number of likely N-dealkylation sites (tertiary alicyclic amines) is 1. The molecule has 1 aromatic heterocycles. The number of hydrazone groups is 1. The van der Waals surface area contributed by atoms with Gasteiger partial charge in [-0.25, -0.2) is 4.98 Å². The molecule has 1 aromatic carbocycles. The molecule has 30 heavy (non-hydrogen) atoms. The molecule has 3 rings (SSSR count). The van der Waals surface area contributed by atoms with Crippen molar-refractivity contribution in [3.63, 3.8) is 0 Å². The topological polar surface area (TPSA) is 76.1 Å². The Balaban J connectivity index is 1.40. The second kappa shape index (κ2) is 12.3. The molecule has 1 aliphatic rings. The van der Waals surface area contributed by atoms with Crippen molar-refractivity contribution in [2.24, 2.45) is 5.10 Å². The fourth-order valence-electron chi connectivity index (χ4n) is 3.31. The first-order chi connectivity index (χ1) is 14.7. The summed E-state index contributed by atoms with van der Waals surface area (Å²) in [5, 5.41) is 6.70. The predicted octanol–water partition coefficient (Wildman–Crippen LogP) is 3.95. The zero-order valence-corrected chi connectivity index (χ0v) is 18.3. The Hall–Kier alpha value is -2.45. The van der Waals surface area contributed by atoms with Gasteiger partial charge in [0, 0.05) is 11.9 Å². The molecule has 0 saturated carbocycles. The van der Waals surface area contributed by atoms with E-state index in [9.17, 15) is 4.79 Å². The number of ether oxygens (including phenoxy) is 2. The molecule has 7 nitrogen and oxygen atoms in total. The van der Waals surface area contributed by atoms with Gasteiger partial charge in [-0.1, -0.05) is 18.6 Å². The third kappa shape index (κ3) is 7.76. The fraction of sp³-hybridized carbons (Fsp3) is 0.500. The molecule has 1 saturated heterocycles. The first-order valence-electron chi connectivity index (χ1n) is 10.6. The lowest BCUT2D eigenvalue weighted by molar-refractivity contribution is -0.142. The van der Waals surface area contributed by atoms with Crippen molar-refractivity contribution < 1.29 is 14.3 Å². The maximum absolute atomic E-state index is 11.5. The van der Waals surface area contributed by atoms with E-state index in [2.05, 4.69) is 20.4 Å². The molecule has 0 aliphatic carbocycles. The van der Waals surface area contributed by atoms with Crippen molar-refractivity contribution in [3.05, 3.63) is 40.9 Å². The molecule has 2 aromatic rings. The Morgan fingerprint density at radius 2 is 2.20 bits per heavy atom. The summed E-state index contributed by atoms with van der Waals surface area (Å²) in [6.45, 7) is 6.44. The summed E-state index contributed by atoms with van der Waals surface area (Å²) in [6, 6.07) is 7.87. The van der Waals surface area contributed by atoms with Crippen LogP contribution >= 0.6 is 11.3 Å². The summed E-state index contributed by atoms with van der Waals surface area (Å²) < 4.78 is 10.8. The number of benzene rings is 1. The Labute approximate surface area is 182 Å². The molecule has 8 heteroatoms. The highest BCUT2D eigenvalue weighted by atomic mass is 32.1. The molecule has 0 unspecified atom stereocenters. The van der Waals surface area contributed by atoms with E-state index in [1.54, 1.807) is 13.1 Å². The van der Waals surface area contributed by atoms with Gasteiger partial charge in [-0.15, -0.1) is 11.3 Å². The molecule has 0 amide bonds. The van der Waals surface area contributed by atoms with Gasteiger partial charge in [-0.3, -0.25) is 10.2 Å². The lowest BCUT2D eigenvalue weighted by Crippen LogP contribution is -2.31. The SMILES string of the molecule is CCOC(=O)Cc1csc(NN=Cc2cccc(OCCCN3CCCCC3)c2)n1. The number of thiazole rings is 1. The van der Waals surface area contributed by atoms with Crippen molar-refractivity contribution in [2.45, 2.75) is 39.0 Å². The van der Waals surface area contributed by atoms with E-state index in [1.165, 1.54) is 43.7 Å². The molecule has 0 spiro atoms. The highest BCUT2D eigenvalue weighted by molar-refractivity contribution is 7.13. The number of aromatic nitrogens is 1. The second-order valence-corrected chi connectivity index (χ2v) is 8.03. The smallest absolute Gasteiger partial charge is 0.311 e. The molecule has 162 valence electrons. The van der Waals surface area contributed by atoms with Crippen LogP contribution in [0.5, 0.6) is 5.75 Å². The van der Waals surface area contributed by atoms with E-state index in [0.29, 0.717) is 17.4 Å². The maximum Gasteiger partial charge on any atom is 0.311 e. The predicted molar refractivity (Wildman–Crippen MR) is 121 cm³/mol. The zero-order chi connectivity index (χ0) is 21.0. The standard InChI is InChI=1S/C22H30N4O3S/c1-2-28-21(27)15-19-17-30-22(24-19)25-23-16-18-8-6-9-20(14-18)29-13-7-12-26-10-4-3-5-11-26/h6,8-9,14,16-17H,2-5,7,10-13,15H2,1H3,(H,24,25). The minimum absolute atomic E-state index is 0.173. The van der Waals surface area contributed by atoms with Gasteiger partial charge in [0.25, 0.3) is 0 Å². The van der Waals surface area contributed by atoms with Crippen molar-refractivity contribution in [1.82, 2.24) is 9.88 Å². The van der Waals surface area contributed by atoms with Crippen LogP contribution in [0.25, 0.3) is 0 Å². The Bertz CT molecular complexity index is 818. The molecular weight excluding hydrogens is 400 g/mol. The number of hydrogen-bond acceptors (Lipinski definition) is 8. The van der Waals surface area contributed by atoms with Crippen molar-refractivity contribution >= 4 is 28.7 Å². The molecule has 2 heterocycles. The Kier molecular flexibility index (Phi) is 9.11. The number of carbonyl (C=O) groups excluding carboxylic acids is 1. The van der Waals surface area contributed by atoms with Gasteiger partial charge in [0.05, 0.1) is 31.5 Å². The van der Waals surface area contributed by atoms with Gasteiger partial charge in [0.1, 0.15) is 5.75 Å². The van der Waals surface area contributed by atoms with Crippen LogP contribution in [0.3, 0.4) is 0 Å².